The van der Waals surface area contributed by atoms with Gasteiger partial charge in [0.2, 0.25) is 15.9 Å². The molecular formula is C32H48ClN3O5S. The number of hydrogen-bond donors (Lipinski definition) is 1. The molecule has 1 aliphatic carbocycles. The van der Waals surface area contributed by atoms with Crippen molar-refractivity contribution in [2.45, 2.75) is 83.7 Å². The van der Waals surface area contributed by atoms with Crippen molar-refractivity contribution in [3.63, 3.8) is 0 Å². The third-order valence-corrected chi connectivity index (χ3v) is 8.89. The molecule has 0 radical (unpaired) electrons. The highest BCUT2D eigenvalue weighted by Crippen LogP contribution is 2.34. The Balaban J connectivity index is 0.00000484. The number of benzene rings is 2. The van der Waals surface area contributed by atoms with Crippen molar-refractivity contribution in [2.24, 2.45) is 5.92 Å². The molecule has 234 valence electrons. The number of carbonyl (C=O) groups is 1. The Bertz CT molecular complexity index is 1230. The van der Waals surface area contributed by atoms with Crippen molar-refractivity contribution in [3.05, 3.63) is 48.0 Å². The molecule has 1 heterocycles. The first-order valence-corrected chi connectivity index (χ1v) is 17.1. The Hall–Kier alpha value is -2.49. The number of likely N-dealkylation sites (tertiary alicyclic amines) is 1. The lowest BCUT2D eigenvalue weighted by Gasteiger charge is -2.39. The second kappa shape index (κ2) is 16.4. The zero-order valence-corrected chi connectivity index (χ0v) is 27.0. The average molecular weight is 622 g/mol. The van der Waals surface area contributed by atoms with Gasteiger partial charge in [-0.05, 0) is 67.9 Å². The first-order chi connectivity index (χ1) is 19.7. The third-order valence-electron chi connectivity index (χ3n) is 8.28. The van der Waals surface area contributed by atoms with Crippen LogP contribution in [0.25, 0.3) is 0 Å². The predicted molar refractivity (Wildman–Crippen MR) is 171 cm³/mol. The zero-order valence-electron chi connectivity index (χ0n) is 25.3. The van der Waals surface area contributed by atoms with Crippen molar-refractivity contribution in [1.29, 1.82) is 0 Å². The largest absolute Gasteiger partial charge is 0.493 e. The van der Waals surface area contributed by atoms with Crippen molar-refractivity contribution in [1.82, 2.24) is 9.80 Å². The van der Waals surface area contributed by atoms with Gasteiger partial charge in [0.1, 0.15) is 5.75 Å². The number of piperidine rings is 1. The van der Waals surface area contributed by atoms with E-state index in [1.165, 1.54) is 44.8 Å². The average Bonchev–Trinajstić information content (AvgIpc) is 2.95. The fraction of sp³-hybridized carbons (Fsp3) is 0.594. The van der Waals surface area contributed by atoms with E-state index in [4.69, 9.17) is 9.47 Å². The number of methoxy groups -OCH3 is 1. The minimum Gasteiger partial charge on any atom is -0.493 e. The highest BCUT2D eigenvalue weighted by Gasteiger charge is 2.29. The standard InChI is InChI=1S/C32H47N3O5S.ClH/c1-4-5-19-35(32(36)22-25-9-7-6-8-10-25)28-17-20-34(21-18-28)24-26-11-14-29(15-12-26)40-30-16-13-27(23-31(30)39-2)33-41(3,37)38;/h11-16,23,25,28,33H,4-10,17-22,24H2,1-3H3;1H. The van der Waals surface area contributed by atoms with Crippen molar-refractivity contribution in [3.8, 4) is 17.2 Å². The molecule has 2 aromatic carbocycles. The van der Waals surface area contributed by atoms with E-state index >= 15 is 0 Å². The number of halogens is 1. The van der Waals surface area contributed by atoms with Crippen LogP contribution in [0.3, 0.4) is 0 Å². The number of anilines is 1. The maximum atomic E-state index is 13.3. The molecule has 2 aliphatic rings. The van der Waals surface area contributed by atoms with Crippen molar-refractivity contribution in [2.75, 3.05) is 37.7 Å². The van der Waals surface area contributed by atoms with E-state index in [0.29, 0.717) is 40.8 Å². The summed E-state index contributed by atoms with van der Waals surface area (Å²) in [4.78, 5) is 18.0. The van der Waals surface area contributed by atoms with Gasteiger partial charge in [-0.3, -0.25) is 14.4 Å². The Labute approximate surface area is 258 Å². The smallest absolute Gasteiger partial charge is 0.229 e. The molecule has 1 aliphatic heterocycles. The molecule has 0 unspecified atom stereocenters. The number of rotatable bonds is 13. The summed E-state index contributed by atoms with van der Waals surface area (Å²) in [5, 5.41) is 0. The molecule has 1 saturated carbocycles. The number of ether oxygens (including phenoxy) is 2. The maximum Gasteiger partial charge on any atom is 0.229 e. The van der Waals surface area contributed by atoms with E-state index in [0.717, 1.165) is 64.5 Å². The monoisotopic (exact) mass is 621 g/mol. The van der Waals surface area contributed by atoms with Crippen molar-refractivity contribution < 1.29 is 22.7 Å². The number of nitrogens with one attached hydrogen (secondary N) is 1. The highest BCUT2D eigenvalue weighted by molar-refractivity contribution is 7.92. The first kappa shape index (κ1) is 34.0. The van der Waals surface area contributed by atoms with Crippen LogP contribution < -0.4 is 14.2 Å². The molecule has 4 rings (SSSR count). The van der Waals surface area contributed by atoms with Crippen LogP contribution in [0.5, 0.6) is 17.2 Å². The summed E-state index contributed by atoms with van der Waals surface area (Å²) in [6, 6.07) is 13.3. The second-order valence-electron chi connectivity index (χ2n) is 11.6. The summed E-state index contributed by atoms with van der Waals surface area (Å²) in [7, 11) is -1.86. The maximum absolute atomic E-state index is 13.3. The van der Waals surface area contributed by atoms with Gasteiger partial charge in [0.15, 0.2) is 11.5 Å². The lowest BCUT2D eigenvalue weighted by molar-refractivity contribution is -0.136. The van der Waals surface area contributed by atoms with E-state index < -0.39 is 10.0 Å². The van der Waals surface area contributed by atoms with Crippen molar-refractivity contribution >= 4 is 34.0 Å². The predicted octanol–water partition coefficient (Wildman–Crippen LogP) is 6.84. The Morgan fingerprint density at radius 2 is 1.69 bits per heavy atom. The SMILES string of the molecule is CCCCN(C(=O)CC1CCCCC1)C1CCN(Cc2ccc(Oc3ccc(NS(C)(=O)=O)cc3OC)cc2)CC1.Cl. The van der Waals surface area contributed by atoms with Gasteiger partial charge in [-0.25, -0.2) is 8.42 Å². The fourth-order valence-electron chi connectivity index (χ4n) is 6.06. The molecule has 8 nitrogen and oxygen atoms in total. The topological polar surface area (TPSA) is 88.2 Å². The summed E-state index contributed by atoms with van der Waals surface area (Å²) in [5.74, 6) is 2.60. The summed E-state index contributed by atoms with van der Waals surface area (Å²) >= 11 is 0. The minimum absolute atomic E-state index is 0. The molecule has 2 aromatic rings. The minimum atomic E-state index is -3.38. The summed E-state index contributed by atoms with van der Waals surface area (Å²) in [6.07, 6.45) is 12.4. The van der Waals surface area contributed by atoms with Gasteiger partial charge in [0.05, 0.1) is 19.1 Å². The van der Waals surface area contributed by atoms with E-state index in [2.05, 4.69) is 33.6 Å². The zero-order chi connectivity index (χ0) is 29.2. The van der Waals surface area contributed by atoms with Crippen LogP contribution in [0.4, 0.5) is 5.69 Å². The molecule has 1 saturated heterocycles. The normalized spacial score (nSPS) is 16.8. The number of unbranched alkanes of at least 4 members (excludes halogenated alkanes) is 1. The lowest BCUT2D eigenvalue weighted by atomic mass is 9.86. The van der Waals surface area contributed by atoms with Crippen LogP contribution >= 0.6 is 12.4 Å². The summed E-state index contributed by atoms with van der Waals surface area (Å²) < 4.78 is 36.9. The number of nitrogens with zero attached hydrogens (tertiary/aromatic N) is 2. The molecule has 10 heteroatoms. The number of carbonyl (C=O) groups excluding carboxylic acids is 1. The van der Waals surface area contributed by atoms with Gasteiger partial charge in [-0.2, -0.15) is 0 Å². The van der Waals surface area contributed by atoms with Crippen LogP contribution in [-0.2, 0) is 21.4 Å². The van der Waals surface area contributed by atoms with Gasteiger partial charge in [-0.15, -0.1) is 12.4 Å². The Morgan fingerprint density at radius 3 is 2.31 bits per heavy atom. The molecule has 0 spiro atoms. The Morgan fingerprint density at radius 1 is 1.00 bits per heavy atom. The molecule has 42 heavy (non-hydrogen) atoms. The van der Waals surface area contributed by atoms with Crippen LogP contribution in [0.15, 0.2) is 42.5 Å². The van der Waals surface area contributed by atoms with Gasteiger partial charge in [0, 0.05) is 44.7 Å². The van der Waals surface area contributed by atoms with Crippen LogP contribution in [0, 0.1) is 5.92 Å². The van der Waals surface area contributed by atoms with Gasteiger partial charge in [-0.1, -0.05) is 44.7 Å². The molecule has 0 bridgehead atoms. The highest BCUT2D eigenvalue weighted by atomic mass is 35.5. The molecule has 0 atom stereocenters. The molecule has 1 amide bonds. The Kier molecular flexibility index (Phi) is 13.3. The van der Waals surface area contributed by atoms with E-state index in [-0.39, 0.29) is 12.4 Å². The van der Waals surface area contributed by atoms with Gasteiger partial charge < -0.3 is 14.4 Å². The quantitative estimate of drug-likeness (QED) is 0.263. The second-order valence-corrected chi connectivity index (χ2v) is 13.4. The number of sulfonamides is 1. The van der Waals surface area contributed by atoms with E-state index in [1.54, 1.807) is 18.2 Å². The van der Waals surface area contributed by atoms with Gasteiger partial charge >= 0.3 is 0 Å². The number of hydrogen-bond acceptors (Lipinski definition) is 6. The molecular weight excluding hydrogens is 574 g/mol. The van der Waals surface area contributed by atoms with Crippen LogP contribution in [0.1, 0.15) is 76.7 Å². The summed E-state index contributed by atoms with van der Waals surface area (Å²) in [5.41, 5.74) is 1.63. The summed E-state index contributed by atoms with van der Waals surface area (Å²) in [6.45, 7) is 5.96. The molecule has 1 N–H and O–H groups in total. The lowest BCUT2D eigenvalue weighted by Crippen LogP contribution is -2.48. The molecule has 0 aromatic heterocycles. The van der Waals surface area contributed by atoms with E-state index in [9.17, 15) is 13.2 Å². The first-order valence-electron chi connectivity index (χ1n) is 15.2. The fourth-order valence-corrected chi connectivity index (χ4v) is 6.62. The van der Waals surface area contributed by atoms with Gasteiger partial charge in [0.25, 0.3) is 0 Å². The van der Waals surface area contributed by atoms with E-state index in [1.807, 2.05) is 12.1 Å². The van der Waals surface area contributed by atoms with Crippen LogP contribution in [0.2, 0.25) is 0 Å². The molecule has 2 fully saturated rings. The van der Waals surface area contributed by atoms with Crippen LogP contribution in [-0.4, -0.2) is 63.2 Å². The third kappa shape index (κ3) is 10.3. The number of amides is 1.